The molecule has 0 radical (unpaired) electrons. The van der Waals surface area contributed by atoms with Crippen LogP contribution in [-0.2, 0) is 14.3 Å². The lowest BCUT2D eigenvalue weighted by Crippen LogP contribution is -2.60. The van der Waals surface area contributed by atoms with E-state index < -0.39 is 74.2 Å². The van der Waals surface area contributed by atoms with Crippen LogP contribution in [-0.4, -0.2) is 110 Å². The van der Waals surface area contributed by atoms with Crippen LogP contribution in [0.25, 0.3) is 0 Å². The van der Waals surface area contributed by atoms with Crippen LogP contribution in [0.4, 0.5) is 0 Å². The van der Waals surface area contributed by atoms with Crippen LogP contribution in [0.5, 0.6) is 0 Å². The van der Waals surface area contributed by atoms with Gasteiger partial charge in [-0.25, -0.2) is 0 Å². The third-order valence-corrected chi connectivity index (χ3v) is 10.1. The predicted molar refractivity (Wildman–Crippen MR) is 201 cm³/mol. The molecule has 1 heterocycles. The highest BCUT2D eigenvalue weighted by molar-refractivity contribution is 5.80. The van der Waals surface area contributed by atoms with Crippen molar-refractivity contribution < 1.29 is 50.0 Å². The second-order valence-electron chi connectivity index (χ2n) is 14.7. The van der Waals surface area contributed by atoms with Gasteiger partial charge in [0.25, 0.3) is 0 Å². The topological polar surface area (TPSA) is 189 Å². The summed E-state index contributed by atoms with van der Waals surface area (Å²) < 4.78 is 10.9. The van der Waals surface area contributed by atoms with E-state index in [-0.39, 0.29) is 12.8 Å². The number of carbonyl (C=O) groups is 1. The quantitative estimate of drug-likeness (QED) is 0.0324. The van der Waals surface area contributed by atoms with Crippen molar-refractivity contribution in [3.63, 3.8) is 0 Å². The third-order valence-electron chi connectivity index (χ3n) is 10.1. The van der Waals surface area contributed by atoms with Crippen molar-refractivity contribution in [2.75, 3.05) is 13.2 Å². The van der Waals surface area contributed by atoms with Crippen molar-refractivity contribution in [1.29, 1.82) is 0 Å². The minimum absolute atomic E-state index is 0.252. The number of nitrogens with one attached hydrogen (secondary N) is 1. The molecule has 0 aromatic heterocycles. The summed E-state index contributed by atoms with van der Waals surface area (Å²) in [4.78, 5) is 12.8. The maximum atomic E-state index is 12.8. The molecule has 0 saturated carbocycles. The van der Waals surface area contributed by atoms with Crippen LogP contribution < -0.4 is 5.32 Å². The van der Waals surface area contributed by atoms with Gasteiger partial charge >= 0.3 is 0 Å². The zero-order valence-electron chi connectivity index (χ0n) is 32.1. The lowest BCUT2D eigenvalue weighted by atomic mass is 9.99. The summed E-state index contributed by atoms with van der Waals surface area (Å²) in [6.45, 7) is 3.15. The molecule has 1 saturated heterocycles. The zero-order chi connectivity index (χ0) is 37.7. The lowest BCUT2D eigenvalue weighted by molar-refractivity contribution is -0.303. The number of ether oxygens (including phenoxy) is 2. The highest BCUT2D eigenvalue weighted by Crippen LogP contribution is 2.23. The second-order valence-corrected chi connectivity index (χ2v) is 14.7. The Balaban J connectivity index is 2.23. The van der Waals surface area contributed by atoms with Crippen LogP contribution in [0.1, 0.15) is 168 Å². The molecule has 0 bridgehead atoms. The van der Waals surface area contributed by atoms with Crippen LogP contribution >= 0.6 is 0 Å². The van der Waals surface area contributed by atoms with E-state index in [9.17, 15) is 40.5 Å². The van der Waals surface area contributed by atoms with Gasteiger partial charge in [0.2, 0.25) is 5.91 Å². The normalized spacial score (nSPS) is 23.4. The van der Waals surface area contributed by atoms with E-state index in [2.05, 4.69) is 24.4 Å². The van der Waals surface area contributed by atoms with Crippen molar-refractivity contribution in [2.45, 2.75) is 223 Å². The van der Waals surface area contributed by atoms with Gasteiger partial charge in [-0.1, -0.05) is 142 Å². The molecule has 1 aliphatic heterocycles. The summed E-state index contributed by atoms with van der Waals surface area (Å²) in [6, 6.07) is -1.16. The monoisotopic (exact) mass is 732 g/mol. The van der Waals surface area contributed by atoms with E-state index in [1.165, 1.54) is 89.9 Å². The van der Waals surface area contributed by atoms with Crippen LogP contribution in [0, 0.1) is 0 Å². The number of hydrogen-bond donors (Lipinski definition) is 8. The van der Waals surface area contributed by atoms with Gasteiger partial charge in [0.1, 0.15) is 36.6 Å². The molecule has 11 heteroatoms. The van der Waals surface area contributed by atoms with Gasteiger partial charge in [0.05, 0.1) is 25.4 Å². The van der Waals surface area contributed by atoms with Crippen molar-refractivity contribution >= 4 is 5.91 Å². The predicted octanol–water partition coefficient (Wildman–Crippen LogP) is 5.33. The Morgan fingerprint density at radius 2 is 1.16 bits per heavy atom. The van der Waals surface area contributed by atoms with Crippen molar-refractivity contribution in [1.82, 2.24) is 5.32 Å². The van der Waals surface area contributed by atoms with Crippen molar-refractivity contribution in [2.24, 2.45) is 0 Å². The number of amides is 1. The number of unbranched alkanes of at least 4 members (excludes halogenated alkanes) is 19. The molecule has 11 nitrogen and oxygen atoms in total. The summed E-state index contributed by atoms with van der Waals surface area (Å²) in [6.07, 6.45) is 20.0. The van der Waals surface area contributed by atoms with Gasteiger partial charge in [-0.3, -0.25) is 4.79 Å². The number of carbonyl (C=O) groups excluding carboxylic acids is 1. The number of rotatable bonds is 33. The fourth-order valence-corrected chi connectivity index (χ4v) is 6.54. The first kappa shape index (κ1) is 47.9. The summed E-state index contributed by atoms with van der Waals surface area (Å²) in [5, 5.41) is 74.2. The number of allylic oxidation sites excluding steroid dienone is 2. The fourth-order valence-electron chi connectivity index (χ4n) is 6.54. The Bertz CT molecular complexity index is 846. The highest BCUT2D eigenvalue weighted by atomic mass is 16.7. The number of aliphatic hydroxyl groups excluding tert-OH is 7. The van der Waals surface area contributed by atoms with E-state index >= 15 is 0 Å². The average molecular weight is 732 g/mol. The summed E-state index contributed by atoms with van der Waals surface area (Å²) in [5.41, 5.74) is 0. The maximum Gasteiger partial charge on any atom is 0.249 e. The lowest BCUT2D eigenvalue weighted by Gasteiger charge is -2.40. The Kier molecular flexibility index (Phi) is 29.3. The molecule has 9 atom stereocenters. The van der Waals surface area contributed by atoms with Crippen LogP contribution in [0.15, 0.2) is 12.2 Å². The molecule has 1 rings (SSSR count). The Hall–Kier alpha value is -1.15. The first-order chi connectivity index (χ1) is 24.7. The SMILES string of the molecule is CCCCCCCCCCCCCC/C=C\CCCCCCCCC(O)C(=O)NC(COC1OC(CO)C(O)C(O)C1O)C(O)C(O)CCCC. The Morgan fingerprint density at radius 1 is 0.667 bits per heavy atom. The number of hydrogen-bond acceptors (Lipinski definition) is 10. The van der Waals surface area contributed by atoms with Gasteiger partial charge in [-0.15, -0.1) is 0 Å². The standard InChI is InChI=1S/C40H77NO10/c1-3-5-7-8-9-10-11-12-13-14-15-16-17-18-19-20-21-22-23-24-25-26-28-33(44)39(49)41-31(35(45)32(43)27-6-4-2)30-50-40-38(48)37(47)36(46)34(29-42)51-40/h18-19,31-38,40,42-48H,3-17,20-30H2,1-2H3,(H,41,49)/b19-18-. The fraction of sp³-hybridized carbons (Fsp3) is 0.925. The summed E-state index contributed by atoms with van der Waals surface area (Å²) in [7, 11) is 0. The number of aliphatic hydroxyl groups is 7. The Morgan fingerprint density at radius 3 is 1.67 bits per heavy atom. The average Bonchev–Trinajstić information content (AvgIpc) is 3.13. The van der Waals surface area contributed by atoms with Gasteiger partial charge in [0, 0.05) is 0 Å². The van der Waals surface area contributed by atoms with Gasteiger partial charge in [-0.05, 0) is 38.5 Å². The minimum atomic E-state index is -1.66. The molecule has 302 valence electrons. The highest BCUT2D eigenvalue weighted by Gasteiger charge is 2.44. The van der Waals surface area contributed by atoms with Crippen molar-refractivity contribution in [3.8, 4) is 0 Å². The molecule has 0 spiro atoms. The molecule has 51 heavy (non-hydrogen) atoms. The van der Waals surface area contributed by atoms with Crippen LogP contribution in [0.2, 0.25) is 0 Å². The summed E-state index contributed by atoms with van der Waals surface area (Å²) >= 11 is 0. The van der Waals surface area contributed by atoms with E-state index in [1.54, 1.807) is 0 Å². The first-order valence-electron chi connectivity index (χ1n) is 20.6. The molecular weight excluding hydrogens is 654 g/mol. The molecule has 0 aromatic rings. The maximum absolute atomic E-state index is 12.8. The van der Waals surface area contributed by atoms with Gasteiger partial charge in [-0.2, -0.15) is 0 Å². The molecule has 1 amide bonds. The first-order valence-corrected chi connectivity index (χ1v) is 20.6. The summed E-state index contributed by atoms with van der Waals surface area (Å²) in [5.74, 6) is -0.713. The van der Waals surface area contributed by atoms with E-state index in [0.717, 1.165) is 38.5 Å². The largest absolute Gasteiger partial charge is 0.394 e. The van der Waals surface area contributed by atoms with E-state index in [4.69, 9.17) is 9.47 Å². The van der Waals surface area contributed by atoms with Crippen molar-refractivity contribution in [3.05, 3.63) is 12.2 Å². The van der Waals surface area contributed by atoms with Crippen LogP contribution in [0.3, 0.4) is 0 Å². The zero-order valence-corrected chi connectivity index (χ0v) is 32.1. The molecule has 0 aliphatic carbocycles. The molecule has 0 aromatic carbocycles. The van der Waals surface area contributed by atoms with Gasteiger partial charge in [0.15, 0.2) is 6.29 Å². The molecular formula is C40H77NO10. The third kappa shape index (κ3) is 22.0. The van der Waals surface area contributed by atoms with Gasteiger partial charge < -0.3 is 50.5 Å². The van der Waals surface area contributed by atoms with E-state index in [0.29, 0.717) is 12.8 Å². The molecule has 9 unspecified atom stereocenters. The molecule has 8 N–H and O–H groups in total. The Labute approximate surface area is 309 Å². The smallest absolute Gasteiger partial charge is 0.249 e. The minimum Gasteiger partial charge on any atom is -0.394 e. The molecule has 1 fully saturated rings. The van der Waals surface area contributed by atoms with E-state index in [1.807, 2.05) is 6.92 Å². The molecule has 1 aliphatic rings. The second kappa shape index (κ2) is 31.2.